The Kier molecular flexibility index (Phi) is 4.02. The van der Waals surface area contributed by atoms with E-state index in [1.807, 2.05) is 30.3 Å². The van der Waals surface area contributed by atoms with Crippen LogP contribution >= 0.6 is 0 Å². The smallest absolute Gasteiger partial charge is 0.241 e. The number of amides is 1. The van der Waals surface area contributed by atoms with E-state index >= 15 is 0 Å². The van der Waals surface area contributed by atoms with Crippen LogP contribution in [0.3, 0.4) is 0 Å². The minimum Gasteiger partial charge on any atom is -0.324 e. The molecule has 108 valence electrons. The molecule has 1 aliphatic heterocycles. The molecule has 1 heterocycles. The van der Waals surface area contributed by atoms with Crippen LogP contribution in [0.4, 0.5) is 5.69 Å². The maximum absolute atomic E-state index is 12.3. The third-order valence-electron chi connectivity index (χ3n) is 4.09. The molecule has 0 aliphatic carbocycles. The van der Waals surface area contributed by atoms with E-state index in [4.69, 9.17) is 0 Å². The van der Waals surface area contributed by atoms with E-state index in [1.54, 1.807) is 0 Å². The maximum atomic E-state index is 12.3. The van der Waals surface area contributed by atoms with Gasteiger partial charge in [-0.25, -0.2) is 0 Å². The van der Waals surface area contributed by atoms with Gasteiger partial charge in [0.15, 0.2) is 0 Å². The molecule has 0 spiro atoms. The molecule has 0 radical (unpaired) electrons. The number of nitrogens with one attached hydrogen (secondary N) is 2. The van der Waals surface area contributed by atoms with Crippen molar-refractivity contribution in [2.24, 2.45) is 0 Å². The summed E-state index contributed by atoms with van der Waals surface area (Å²) >= 11 is 0. The fraction of sp³-hybridized carbons (Fsp3) is 0.278. The van der Waals surface area contributed by atoms with Gasteiger partial charge in [0.25, 0.3) is 0 Å². The summed E-state index contributed by atoms with van der Waals surface area (Å²) in [6.45, 7) is 2.82. The summed E-state index contributed by atoms with van der Waals surface area (Å²) in [5.74, 6) is 0.0635. The molecule has 3 rings (SSSR count). The molecule has 2 N–H and O–H groups in total. The van der Waals surface area contributed by atoms with Crippen molar-refractivity contribution in [3.63, 3.8) is 0 Å². The molecular weight excluding hydrogens is 260 g/mol. The van der Waals surface area contributed by atoms with Gasteiger partial charge in [-0.3, -0.25) is 4.79 Å². The zero-order valence-electron chi connectivity index (χ0n) is 12.2. The average Bonchev–Trinajstić information content (AvgIpc) is 2.65. The average molecular weight is 280 g/mol. The minimum absolute atomic E-state index is 0.0635. The van der Waals surface area contributed by atoms with Crippen molar-refractivity contribution in [1.82, 2.24) is 5.32 Å². The Bertz CT molecular complexity index is 651. The van der Waals surface area contributed by atoms with E-state index in [0.717, 1.165) is 25.1 Å². The van der Waals surface area contributed by atoms with Gasteiger partial charge in [-0.1, -0.05) is 42.5 Å². The topological polar surface area (TPSA) is 41.1 Å². The standard InChI is InChI=1S/C18H20N2O/c1-13-6-2-3-8-15(13)12-19-17-11-10-14-7-4-5-9-16(14)20-18(17)21/h2-9,17,19H,10-12H2,1H3,(H,20,21). The summed E-state index contributed by atoms with van der Waals surface area (Å²) in [4.78, 5) is 12.3. The third-order valence-corrected chi connectivity index (χ3v) is 4.09. The van der Waals surface area contributed by atoms with Crippen LogP contribution < -0.4 is 10.6 Å². The number of rotatable bonds is 3. The van der Waals surface area contributed by atoms with Gasteiger partial charge in [0.05, 0.1) is 6.04 Å². The van der Waals surface area contributed by atoms with Crippen molar-refractivity contribution in [1.29, 1.82) is 0 Å². The Balaban J connectivity index is 1.68. The first-order chi connectivity index (χ1) is 10.2. The molecule has 1 aliphatic rings. The lowest BCUT2D eigenvalue weighted by molar-refractivity contribution is -0.118. The van der Waals surface area contributed by atoms with E-state index in [-0.39, 0.29) is 11.9 Å². The number of aryl methyl sites for hydroxylation is 2. The summed E-state index contributed by atoms with van der Waals surface area (Å²) in [5.41, 5.74) is 4.66. The monoisotopic (exact) mass is 280 g/mol. The van der Waals surface area contributed by atoms with E-state index in [1.165, 1.54) is 16.7 Å². The summed E-state index contributed by atoms with van der Waals surface area (Å²) < 4.78 is 0. The Labute approximate surface area is 125 Å². The predicted molar refractivity (Wildman–Crippen MR) is 85.2 cm³/mol. The second kappa shape index (κ2) is 6.10. The highest BCUT2D eigenvalue weighted by Crippen LogP contribution is 2.21. The predicted octanol–water partition coefficient (Wildman–Crippen LogP) is 3.04. The molecule has 1 amide bonds. The van der Waals surface area contributed by atoms with Gasteiger partial charge >= 0.3 is 0 Å². The van der Waals surface area contributed by atoms with Crippen molar-refractivity contribution in [3.05, 3.63) is 65.2 Å². The van der Waals surface area contributed by atoms with Gasteiger partial charge in [-0.05, 0) is 42.5 Å². The molecule has 0 bridgehead atoms. The van der Waals surface area contributed by atoms with Crippen molar-refractivity contribution < 1.29 is 4.79 Å². The first-order valence-electron chi connectivity index (χ1n) is 7.41. The van der Waals surface area contributed by atoms with Crippen LogP contribution in [0, 0.1) is 6.92 Å². The van der Waals surface area contributed by atoms with Gasteiger partial charge in [0, 0.05) is 12.2 Å². The molecule has 2 aromatic rings. The molecule has 3 heteroatoms. The Hall–Kier alpha value is -2.13. The fourth-order valence-electron chi connectivity index (χ4n) is 2.75. The Morgan fingerprint density at radius 2 is 1.90 bits per heavy atom. The number of hydrogen-bond donors (Lipinski definition) is 2. The van der Waals surface area contributed by atoms with Crippen LogP contribution in [0.5, 0.6) is 0 Å². The zero-order valence-corrected chi connectivity index (χ0v) is 12.2. The number of carbonyl (C=O) groups is 1. The largest absolute Gasteiger partial charge is 0.324 e. The van der Waals surface area contributed by atoms with Gasteiger partial charge in [0.2, 0.25) is 5.91 Å². The first-order valence-corrected chi connectivity index (χ1v) is 7.41. The third kappa shape index (κ3) is 3.14. The zero-order chi connectivity index (χ0) is 14.7. The quantitative estimate of drug-likeness (QED) is 0.907. The lowest BCUT2D eigenvalue weighted by Crippen LogP contribution is -2.39. The normalized spacial score (nSPS) is 17.8. The molecule has 21 heavy (non-hydrogen) atoms. The molecule has 3 nitrogen and oxygen atoms in total. The molecule has 2 aromatic carbocycles. The summed E-state index contributed by atoms with van der Waals surface area (Å²) in [6, 6.07) is 16.2. The lowest BCUT2D eigenvalue weighted by Gasteiger charge is -2.16. The van der Waals surface area contributed by atoms with Crippen LogP contribution in [-0.2, 0) is 17.8 Å². The fourth-order valence-corrected chi connectivity index (χ4v) is 2.75. The maximum Gasteiger partial charge on any atom is 0.241 e. The van der Waals surface area contributed by atoms with Gasteiger partial charge in [-0.2, -0.15) is 0 Å². The van der Waals surface area contributed by atoms with E-state index < -0.39 is 0 Å². The molecular formula is C18H20N2O. The molecule has 0 saturated carbocycles. The number of para-hydroxylation sites is 1. The van der Waals surface area contributed by atoms with Crippen molar-refractivity contribution in [2.75, 3.05) is 5.32 Å². The van der Waals surface area contributed by atoms with Crippen molar-refractivity contribution in [2.45, 2.75) is 32.4 Å². The SMILES string of the molecule is Cc1ccccc1CNC1CCc2ccccc2NC1=O. The highest BCUT2D eigenvalue weighted by molar-refractivity contribution is 5.96. The van der Waals surface area contributed by atoms with Gasteiger partial charge in [-0.15, -0.1) is 0 Å². The molecule has 0 saturated heterocycles. The summed E-state index contributed by atoms with van der Waals surface area (Å²) in [7, 11) is 0. The molecule has 0 aromatic heterocycles. The highest BCUT2D eigenvalue weighted by Gasteiger charge is 2.22. The Morgan fingerprint density at radius 3 is 2.76 bits per heavy atom. The van der Waals surface area contributed by atoms with E-state index in [0.29, 0.717) is 0 Å². The number of hydrogen-bond acceptors (Lipinski definition) is 2. The van der Waals surface area contributed by atoms with E-state index in [2.05, 4.69) is 35.8 Å². The van der Waals surface area contributed by atoms with Crippen molar-refractivity contribution in [3.8, 4) is 0 Å². The number of fused-ring (bicyclic) bond motifs is 1. The van der Waals surface area contributed by atoms with Crippen LogP contribution in [0.25, 0.3) is 0 Å². The minimum atomic E-state index is -0.142. The van der Waals surface area contributed by atoms with Crippen LogP contribution in [0.2, 0.25) is 0 Å². The number of anilines is 1. The molecule has 1 unspecified atom stereocenters. The molecule has 1 atom stereocenters. The van der Waals surface area contributed by atoms with Crippen LogP contribution in [-0.4, -0.2) is 11.9 Å². The van der Waals surface area contributed by atoms with Crippen LogP contribution in [0.1, 0.15) is 23.1 Å². The lowest BCUT2D eigenvalue weighted by atomic mass is 10.0. The summed E-state index contributed by atoms with van der Waals surface area (Å²) in [6.07, 6.45) is 1.75. The first kappa shape index (κ1) is 13.8. The Morgan fingerprint density at radius 1 is 1.14 bits per heavy atom. The highest BCUT2D eigenvalue weighted by atomic mass is 16.2. The second-order valence-electron chi connectivity index (χ2n) is 5.55. The number of carbonyl (C=O) groups excluding carboxylic acids is 1. The van der Waals surface area contributed by atoms with Crippen molar-refractivity contribution >= 4 is 11.6 Å². The molecule has 0 fully saturated rings. The van der Waals surface area contributed by atoms with Crippen LogP contribution in [0.15, 0.2) is 48.5 Å². The van der Waals surface area contributed by atoms with Gasteiger partial charge in [0.1, 0.15) is 0 Å². The van der Waals surface area contributed by atoms with E-state index in [9.17, 15) is 4.79 Å². The number of benzene rings is 2. The summed E-state index contributed by atoms with van der Waals surface area (Å²) in [5, 5.41) is 6.41. The van der Waals surface area contributed by atoms with Gasteiger partial charge < -0.3 is 10.6 Å². The second-order valence-corrected chi connectivity index (χ2v) is 5.55.